The van der Waals surface area contributed by atoms with Crippen molar-refractivity contribution in [2.75, 3.05) is 79.3 Å². The van der Waals surface area contributed by atoms with Crippen molar-refractivity contribution in [1.29, 1.82) is 0 Å². The highest BCUT2D eigenvalue weighted by molar-refractivity contribution is 5.88. The molecule has 1 aliphatic heterocycles. The Bertz CT molecular complexity index is 1370. The first kappa shape index (κ1) is 34.2. The van der Waals surface area contributed by atoms with Crippen LogP contribution in [0.4, 0.5) is 0 Å². The molecule has 4 rings (SSSR count). The normalized spacial score (nSPS) is 16.0. The predicted octanol–water partition coefficient (Wildman–Crippen LogP) is 0.683. The quantitative estimate of drug-likeness (QED) is 0.380. The number of benzene rings is 2. The van der Waals surface area contributed by atoms with Gasteiger partial charge in [-0.25, -0.2) is 4.98 Å². The first-order valence-corrected chi connectivity index (χ1v) is 14.6. The highest BCUT2D eigenvalue weighted by atomic mass is 16.6. The number of fused-ring (bicyclic) bond motifs is 2. The molecule has 1 aliphatic rings. The Morgan fingerprint density at radius 2 is 0.978 bits per heavy atom. The molecule has 248 valence electrons. The van der Waals surface area contributed by atoms with Gasteiger partial charge in [0.25, 0.3) is 0 Å². The molecule has 0 amide bonds. The summed E-state index contributed by atoms with van der Waals surface area (Å²) in [4.78, 5) is 25.9. The SMILES string of the molecule is O=C([O-])c1cc(OCc2ccc3c(c2)OCCOCCOCCOc2ccccc2OCCOCCOCCO3)cc(C(=O)[O-])n1. The Kier molecular flexibility index (Phi) is 14.2. The Morgan fingerprint density at radius 1 is 0.565 bits per heavy atom. The van der Waals surface area contributed by atoms with Gasteiger partial charge in [0.1, 0.15) is 38.8 Å². The fourth-order valence-electron chi connectivity index (χ4n) is 4.01. The molecule has 0 unspecified atom stereocenters. The zero-order chi connectivity index (χ0) is 32.4. The van der Waals surface area contributed by atoms with E-state index in [0.29, 0.717) is 88.0 Å². The van der Waals surface area contributed by atoms with Crippen molar-refractivity contribution in [3.05, 3.63) is 71.5 Å². The molecule has 0 saturated carbocycles. The molecular weight excluding hydrogens is 606 g/mol. The number of carbonyl (C=O) groups excluding carboxylic acids is 2. The standard InChI is InChI=1S/C32H37NO13/c34-31(35)25-20-24(21-26(33-25)32(36)37)46-22-23-5-6-29-30(19-23)45-18-14-41-10-9-39-12-16-43-28-4-2-1-3-27(28)42-15-11-38-7-8-40-13-17-44-29/h1-6,19-21H,7-18,22H2,(H,34,35)(H,36,37)/p-2. The number of para-hydroxylation sites is 2. The van der Waals surface area contributed by atoms with E-state index in [-0.39, 0.29) is 32.2 Å². The van der Waals surface area contributed by atoms with Crippen LogP contribution >= 0.6 is 0 Å². The summed E-state index contributed by atoms with van der Waals surface area (Å²) in [6.45, 7) is 3.92. The van der Waals surface area contributed by atoms with Crippen molar-refractivity contribution in [3.8, 4) is 28.7 Å². The number of pyridine rings is 1. The van der Waals surface area contributed by atoms with Crippen LogP contribution in [0.15, 0.2) is 54.6 Å². The number of rotatable bonds is 5. The number of hydrogen-bond donors (Lipinski definition) is 0. The van der Waals surface area contributed by atoms with Gasteiger partial charge in [-0.05, 0) is 29.8 Å². The van der Waals surface area contributed by atoms with E-state index in [9.17, 15) is 19.8 Å². The molecule has 46 heavy (non-hydrogen) atoms. The largest absolute Gasteiger partial charge is 0.543 e. The van der Waals surface area contributed by atoms with Gasteiger partial charge in [-0.2, -0.15) is 0 Å². The van der Waals surface area contributed by atoms with Crippen LogP contribution in [-0.2, 0) is 25.6 Å². The van der Waals surface area contributed by atoms with Crippen LogP contribution in [0.1, 0.15) is 26.5 Å². The summed E-state index contributed by atoms with van der Waals surface area (Å²) < 4.78 is 51.4. The van der Waals surface area contributed by atoms with Crippen molar-refractivity contribution in [2.24, 2.45) is 0 Å². The summed E-state index contributed by atoms with van der Waals surface area (Å²) in [6.07, 6.45) is 0. The van der Waals surface area contributed by atoms with E-state index in [0.717, 1.165) is 12.1 Å². The van der Waals surface area contributed by atoms with Gasteiger partial charge >= 0.3 is 0 Å². The molecule has 14 heteroatoms. The van der Waals surface area contributed by atoms with Gasteiger partial charge in [0.2, 0.25) is 0 Å². The number of aromatic nitrogens is 1. The molecule has 0 spiro atoms. The molecular formula is C32H35NO13-2. The highest BCUT2D eigenvalue weighted by Crippen LogP contribution is 2.29. The number of carboxylic acids is 2. The van der Waals surface area contributed by atoms with Crippen LogP contribution in [0.5, 0.6) is 28.7 Å². The molecule has 0 saturated heterocycles. The van der Waals surface area contributed by atoms with Gasteiger partial charge in [0.15, 0.2) is 23.0 Å². The van der Waals surface area contributed by atoms with Crippen LogP contribution < -0.4 is 33.9 Å². The molecule has 0 atom stereocenters. The summed E-state index contributed by atoms with van der Waals surface area (Å²) in [6, 6.07) is 14.7. The second-order valence-electron chi connectivity index (χ2n) is 9.51. The van der Waals surface area contributed by atoms with Crippen molar-refractivity contribution in [2.45, 2.75) is 6.61 Å². The highest BCUT2D eigenvalue weighted by Gasteiger charge is 2.11. The Hall–Kier alpha value is -4.63. The van der Waals surface area contributed by atoms with Crippen LogP contribution in [0.2, 0.25) is 0 Å². The molecule has 0 bridgehead atoms. The van der Waals surface area contributed by atoms with E-state index in [2.05, 4.69) is 4.98 Å². The molecule has 0 N–H and O–H groups in total. The first-order chi connectivity index (χ1) is 22.5. The van der Waals surface area contributed by atoms with Crippen LogP contribution in [0.25, 0.3) is 0 Å². The number of aromatic carboxylic acids is 2. The minimum Gasteiger partial charge on any atom is -0.543 e. The Balaban J connectivity index is 1.33. The summed E-state index contributed by atoms with van der Waals surface area (Å²) in [5, 5.41) is 22.5. The minimum absolute atomic E-state index is 0.0333. The average molecular weight is 642 g/mol. The molecule has 0 fully saturated rings. The van der Waals surface area contributed by atoms with Crippen molar-refractivity contribution in [3.63, 3.8) is 0 Å². The van der Waals surface area contributed by atoms with Crippen LogP contribution in [0, 0.1) is 0 Å². The van der Waals surface area contributed by atoms with Gasteiger partial charge < -0.3 is 62.4 Å². The zero-order valence-electron chi connectivity index (χ0n) is 25.1. The Labute approximate surface area is 265 Å². The lowest BCUT2D eigenvalue weighted by Crippen LogP contribution is -2.28. The van der Waals surface area contributed by atoms with Gasteiger partial charge in [-0.15, -0.1) is 0 Å². The number of nitrogens with zero attached hydrogens (tertiary/aromatic N) is 1. The summed E-state index contributed by atoms with van der Waals surface area (Å²) in [5.74, 6) is -1.20. The molecule has 0 aliphatic carbocycles. The second kappa shape index (κ2) is 19.0. The van der Waals surface area contributed by atoms with E-state index in [1.54, 1.807) is 18.2 Å². The maximum Gasteiger partial charge on any atom is 0.161 e. The molecule has 14 nitrogen and oxygen atoms in total. The summed E-state index contributed by atoms with van der Waals surface area (Å²) in [5.41, 5.74) is -0.550. The number of carboxylic acid groups (broad SMARTS) is 2. The zero-order valence-corrected chi connectivity index (χ0v) is 25.1. The maximum atomic E-state index is 11.2. The fourth-order valence-corrected chi connectivity index (χ4v) is 4.01. The molecule has 1 aromatic heterocycles. The number of hydrogen-bond acceptors (Lipinski definition) is 14. The first-order valence-electron chi connectivity index (χ1n) is 14.6. The second-order valence-corrected chi connectivity index (χ2v) is 9.51. The lowest BCUT2D eigenvalue weighted by Gasteiger charge is -2.16. The third-order valence-corrected chi connectivity index (χ3v) is 6.16. The van der Waals surface area contributed by atoms with Gasteiger partial charge in [0, 0.05) is 12.1 Å². The van der Waals surface area contributed by atoms with Crippen molar-refractivity contribution >= 4 is 11.9 Å². The van der Waals surface area contributed by atoms with Crippen molar-refractivity contribution in [1.82, 2.24) is 4.98 Å². The third-order valence-electron chi connectivity index (χ3n) is 6.16. The van der Waals surface area contributed by atoms with Crippen LogP contribution in [-0.4, -0.2) is 96.2 Å². The van der Waals surface area contributed by atoms with E-state index in [1.165, 1.54) is 0 Å². The average Bonchev–Trinajstić information content (AvgIpc) is 3.06. The third kappa shape index (κ3) is 11.7. The molecule has 0 radical (unpaired) electrons. The van der Waals surface area contributed by atoms with Gasteiger partial charge in [-0.3, -0.25) is 0 Å². The van der Waals surface area contributed by atoms with Crippen LogP contribution in [0.3, 0.4) is 0 Å². The van der Waals surface area contributed by atoms with E-state index < -0.39 is 23.3 Å². The smallest absolute Gasteiger partial charge is 0.161 e. The Morgan fingerprint density at radius 3 is 1.43 bits per heavy atom. The molecule has 2 aromatic carbocycles. The summed E-state index contributed by atoms with van der Waals surface area (Å²) in [7, 11) is 0. The lowest BCUT2D eigenvalue weighted by atomic mass is 10.2. The minimum atomic E-state index is -1.65. The number of carbonyl (C=O) groups is 2. The summed E-state index contributed by atoms with van der Waals surface area (Å²) >= 11 is 0. The monoisotopic (exact) mass is 641 g/mol. The fraction of sp³-hybridized carbons (Fsp3) is 0.406. The van der Waals surface area contributed by atoms with E-state index in [4.69, 9.17) is 42.6 Å². The molecule has 2 heterocycles. The number of ether oxygens (including phenoxy) is 9. The maximum absolute atomic E-state index is 11.2. The van der Waals surface area contributed by atoms with E-state index >= 15 is 0 Å². The molecule has 3 aromatic rings. The predicted molar refractivity (Wildman–Crippen MR) is 155 cm³/mol. The van der Waals surface area contributed by atoms with E-state index in [1.807, 2.05) is 24.3 Å². The van der Waals surface area contributed by atoms with Gasteiger partial charge in [0.05, 0.1) is 76.2 Å². The topological polar surface area (TPSA) is 176 Å². The van der Waals surface area contributed by atoms with Gasteiger partial charge in [-0.1, -0.05) is 18.2 Å². The lowest BCUT2D eigenvalue weighted by molar-refractivity contribution is -0.255. The van der Waals surface area contributed by atoms with Crippen molar-refractivity contribution < 1.29 is 62.4 Å².